The van der Waals surface area contributed by atoms with Crippen LogP contribution in [0.2, 0.25) is 0 Å². The van der Waals surface area contributed by atoms with Gasteiger partial charge < -0.3 is 171 Å². The lowest BCUT2D eigenvalue weighted by Gasteiger charge is -2.51. The van der Waals surface area contributed by atoms with Crippen molar-refractivity contribution < 1.29 is 262 Å². The molecule has 0 aliphatic carbocycles. The molecule has 21 N–H and O–H groups in total. The Morgan fingerprint density at radius 1 is 0.173 bits per heavy atom. The summed E-state index contributed by atoms with van der Waals surface area (Å²) in [7, 11) is -32.5. The van der Waals surface area contributed by atoms with Crippen molar-refractivity contribution in [2.24, 2.45) is 0 Å². The molecule has 0 aromatic rings. The minimum atomic E-state index is -4.65. The highest BCUT2D eigenvalue weighted by Crippen LogP contribution is 2.42. The molecular formula is C70H126O56S7. The van der Waals surface area contributed by atoms with Crippen molar-refractivity contribution >= 4 is 70.8 Å². The van der Waals surface area contributed by atoms with Crippen LogP contribution in [0.5, 0.6) is 0 Å². The number of rotatable bonds is 49. The number of unbranched alkanes of at least 4 members (excludes halogenated alkanes) is 7. The number of hydrogen-bond donors (Lipinski definition) is 21. The van der Waals surface area contributed by atoms with E-state index in [-0.39, 0.29) is 89.9 Å². The first-order chi connectivity index (χ1) is 62.4. The molecule has 15 aliphatic heterocycles. The zero-order chi connectivity index (χ0) is 98.3. The third-order valence-electron chi connectivity index (χ3n) is 22.4. The second-order valence-electron chi connectivity index (χ2n) is 32.5. The second kappa shape index (κ2) is 53.5. The lowest BCUT2D eigenvalue weighted by Crippen LogP contribution is -2.69. The Hall–Kier alpha value is -2.03. The third-order valence-corrected chi connectivity index (χ3v) is 28.0. The van der Waals surface area contributed by atoms with Crippen LogP contribution < -0.4 is 0 Å². The molecule has 15 rings (SSSR count). The summed E-state index contributed by atoms with van der Waals surface area (Å²) in [5, 5.41) is 168. The maximum absolute atomic E-state index is 12.8. The topological polar surface area (TPSA) is 858 Å². The van der Waals surface area contributed by atoms with Crippen LogP contribution in [-0.2, 0) is 170 Å². The molecule has 784 valence electrons. The lowest BCUT2D eigenvalue weighted by atomic mass is 9.94. The molecule has 14 bridgehead atoms. The summed E-state index contributed by atoms with van der Waals surface area (Å²) in [6.07, 6.45) is -78.9. The number of aliphatic hydroxyl groups excluding tert-OH is 14. The van der Waals surface area contributed by atoms with E-state index < -0.39 is 419 Å². The van der Waals surface area contributed by atoms with Crippen LogP contribution in [0.4, 0.5) is 0 Å². The van der Waals surface area contributed by atoms with Crippen LogP contribution in [0.15, 0.2) is 0 Å². The van der Waals surface area contributed by atoms with Gasteiger partial charge in [0.15, 0.2) is 44.0 Å². The molecule has 133 heavy (non-hydrogen) atoms. The monoisotopic (exact) mass is 2090 g/mol. The van der Waals surface area contributed by atoms with E-state index in [1.54, 1.807) is 0 Å². The van der Waals surface area contributed by atoms with E-state index in [2.05, 4.69) is 0 Å². The van der Waals surface area contributed by atoms with Crippen molar-refractivity contribution in [2.45, 2.75) is 305 Å². The smallest absolute Gasteiger partial charge is 0.264 e. The Kier molecular flexibility index (Phi) is 46.8. The molecule has 15 heterocycles. The zero-order valence-electron chi connectivity index (χ0n) is 71.5. The first-order valence-corrected chi connectivity index (χ1v) is 53.9. The molecule has 0 aromatic heterocycles. The molecule has 15 aliphatic rings. The fourth-order valence-electron chi connectivity index (χ4n) is 15.8. The zero-order valence-corrected chi connectivity index (χ0v) is 77.2. The van der Waals surface area contributed by atoms with Crippen molar-refractivity contribution in [2.75, 3.05) is 133 Å². The van der Waals surface area contributed by atoms with E-state index in [4.69, 9.17) is 99.5 Å². The van der Waals surface area contributed by atoms with Gasteiger partial charge in [0.1, 0.15) is 171 Å². The summed E-state index contributed by atoms with van der Waals surface area (Å²) in [5.41, 5.74) is 0. The van der Waals surface area contributed by atoms with Gasteiger partial charge in [0.05, 0.1) is 86.5 Å². The van der Waals surface area contributed by atoms with Gasteiger partial charge in [-0.2, -0.15) is 58.9 Å². The van der Waals surface area contributed by atoms with Crippen LogP contribution in [0.3, 0.4) is 0 Å². The van der Waals surface area contributed by atoms with E-state index in [0.717, 1.165) is 0 Å². The van der Waals surface area contributed by atoms with Gasteiger partial charge in [-0.3, -0.25) is 31.9 Å². The molecular weight excluding hydrogens is 1960 g/mol. The molecule has 0 unspecified atom stereocenters. The Labute approximate surface area is 766 Å². The SMILES string of the molecule is O=S(=O)(O)CCCCO[C@H]1[C@H]2O[C@H]3[C@H](O)[C@@H](OCCCCS(=O)(=O)O)[C@@H](O[C@H]4[C@@H](O)[C@@H](OCCCCS(=O)(=O)O)[C@@H](O[C@H]5[C@H](O)[C@@H](OCCCCS(=O)(=O)O)[C@@H](O[C@@H]6[C@@H](OCCCCS(=O)(=O)O)[C@H](O)[C@H](O[C@@H]7[C@@H](OCCCCS(=O)(=O)O)[C@H](O)[C@H](O[C@@H]8[C@@H](OCCCCS(=O)(=O)O)[C@H](O)[C@H](O[C@@H]([C@@H]1O)[C@@H](CO)O2)O[C@H]8CO)O[C@H]7CO)O[C@H]6CO)O[C@@H]5CO)O[C@@H]4CO)O[C@@H]3CO. The first-order valence-electron chi connectivity index (χ1n) is 42.6. The molecule has 0 spiro atoms. The predicted octanol–water partition coefficient (Wildman–Crippen LogP) is -10.4. The lowest BCUT2D eigenvalue weighted by molar-refractivity contribution is -0.402. The summed E-state index contributed by atoms with van der Waals surface area (Å²) < 4.78 is 365. The number of hydrogen-bond acceptors (Lipinski definition) is 49. The van der Waals surface area contributed by atoms with E-state index in [9.17, 15) is 162 Å². The average Bonchev–Trinajstić information content (AvgIpc) is 0.935. The van der Waals surface area contributed by atoms with Crippen molar-refractivity contribution in [3.05, 3.63) is 0 Å². The molecule has 35 atom stereocenters. The van der Waals surface area contributed by atoms with Gasteiger partial charge in [0, 0.05) is 46.2 Å². The second-order valence-corrected chi connectivity index (χ2v) is 43.5. The molecule has 15 saturated heterocycles. The van der Waals surface area contributed by atoms with E-state index in [0.29, 0.717) is 0 Å². The van der Waals surface area contributed by atoms with Crippen LogP contribution in [0.1, 0.15) is 89.9 Å². The molecule has 15 fully saturated rings. The molecule has 0 saturated carbocycles. The van der Waals surface area contributed by atoms with Crippen LogP contribution in [0, 0.1) is 0 Å². The average molecular weight is 2090 g/mol. The maximum Gasteiger partial charge on any atom is 0.264 e. The van der Waals surface area contributed by atoms with Crippen molar-refractivity contribution in [1.29, 1.82) is 0 Å². The van der Waals surface area contributed by atoms with Gasteiger partial charge in [0.2, 0.25) is 0 Å². The van der Waals surface area contributed by atoms with Crippen molar-refractivity contribution in [3.63, 3.8) is 0 Å². The van der Waals surface area contributed by atoms with Gasteiger partial charge in [-0.1, -0.05) is 0 Å². The van der Waals surface area contributed by atoms with E-state index >= 15 is 0 Å². The van der Waals surface area contributed by atoms with E-state index in [1.165, 1.54) is 0 Å². The molecule has 0 radical (unpaired) electrons. The largest absolute Gasteiger partial charge is 0.394 e. The van der Waals surface area contributed by atoms with Crippen LogP contribution in [-0.4, -0.2) is 510 Å². The highest BCUT2D eigenvalue weighted by molar-refractivity contribution is 7.87. The normalized spacial score (nSPS) is 37.9. The Morgan fingerprint density at radius 3 is 0.474 bits per heavy atom. The number of aliphatic hydroxyl groups is 14. The Morgan fingerprint density at radius 2 is 0.308 bits per heavy atom. The molecule has 0 amide bonds. The summed E-state index contributed by atoms with van der Waals surface area (Å²) in [6.45, 7) is -12.9. The van der Waals surface area contributed by atoms with Crippen molar-refractivity contribution in [1.82, 2.24) is 0 Å². The van der Waals surface area contributed by atoms with Gasteiger partial charge in [0.25, 0.3) is 70.8 Å². The quantitative estimate of drug-likeness (QED) is 0.0199. The van der Waals surface area contributed by atoms with E-state index in [1.807, 2.05) is 0 Å². The number of fused-ring (bicyclic) bond motifs is 7. The predicted molar refractivity (Wildman–Crippen MR) is 434 cm³/mol. The van der Waals surface area contributed by atoms with Gasteiger partial charge in [-0.25, -0.2) is 0 Å². The van der Waals surface area contributed by atoms with Crippen LogP contribution >= 0.6 is 0 Å². The highest BCUT2D eigenvalue weighted by Gasteiger charge is 2.62. The Balaban J connectivity index is 1.30. The molecule has 56 nitrogen and oxygen atoms in total. The fraction of sp³-hybridized carbons (Fsp3) is 1.00. The van der Waals surface area contributed by atoms with Gasteiger partial charge >= 0.3 is 0 Å². The minimum absolute atomic E-state index is 0.280. The summed E-state index contributed by atoms with van der Waals surface area (Å²) in [6, 6.07) is 0. The third kappa shape index (κ3) is 36.1. The summed E-state index contributed by atoms with van der Waals surface area (Å²) in [4.78, 5) is 0. The van der Waals surface area contributed by atoms with Crippen LogP contribution in [0.25, 0.3) is 0 Å². The molecule has 0 aromatic carbocycles. The van der Waals surface area contributed by atoms with Gasteiger partial charge in [-0.15, -0.1) is 0 Å². The summed E-state index contributed by atoms with van der Waals surface area (Å²) in [5.74, 6) is -5.98. The summed E-state index contributed by atoms with van der Waals surface area (Å²) >= 11 is 0. The minimum Gasteiger partial charge on any atom is -0.394 e. The highest BCUT2D eigenvalue weighted by atomic mass is 32.2. The standard InChI is InChI=1S/C70H126O56S7/c71-29-36-50-43(78)60(109-18-4-11-25-130(94,95)96)67(116-36)121-51-37(30-72)117-68(61(44(51)79)110-19-5-12-26-131(97,98)99)122-52-38(31-73)118-69(62(45(52)80)111-20-6-13-27-132(100,101)102)123-53-39(32-74)119-70(63(46(53)81)112-21-7-14-28-133(103,104)105)126-56-42(35-77)115-66(49(84)59(56)108-17-3-10-24-129(91,92)93)125-55-41(34-76)114-65(48(83)58(55)107-16-2-9-23-128(88,89)90)124-54-40(33-75)113-64(120-50)47(82)57(54)106-15-1-8-22-127(85,86)87/h36-84H,1-35H2,(H,85,86,87)(H,88,89,90)(H,91,92,93)(H,94,95,96)(H,97,98,99)(H,100,101,102)(H,103,104,105)/t36-,37-,38-,39-,40+,41+,42+,43+,44+,45-,46+,47+,48+,49+,50-,51-,52-,53-,54+,55+,56+,57+,58+,59+,60-,61-,62-,63-,64+,65+,66+,67-,68-,69-,70-/m1/s1. The van der Waals surface area contributed by atoms with Gasteiger partial charge in [-0.05, 0) is 89.9 Å². The maximum atomic E-state index is 12.8. The Bertz CT molecular complexity index is 4270. The first kappa shape index (κ1) is 116. The number of ether oxygens (including phenoxy) is 21. The fourth-order valence-corrected chi connectivity index (χ4v) is 19.8. The van der Waals surface area contributed by atoms with Crippen molar-refractivity contribution in [3.8, 4) is 0 Å². The molecule has 63 heteroatoms.